The lowest BCUT2D eigenvalue weighted by atomic mass is 10.0. The van der Waals surface area contributed by atoms with Crippen LogP contribution in [0.25, 0.3) is 0 Å². The molecule has 0 amide bonds. The Balaban J connectivity index is 1.87. The van der Waals surface area contributed by atoms with Gasteiger partial charge < -0.3 is 18.9 Å². The molecule has 0 aliphatic carbocycles. The van der Waals surface area contributed by atoms with Crippen LogP contribution in [-0.4, -0.2) is 67.0 Å². The SMILES string of the molecule is CCO[C@]1(C)O[C@@H](COS(=O)(=O)c2ccc(C)cc2)[C@H](COS(=O)(=O)c2ccc(C)cc2)O[C@@]1(C)OCC. The van der Waals surface area contributed by atoms with Gasteiger partial charge in [-0.15, -0.1) is 0 Å². The summed E-state index contributed by atoms with van der Waals surface area (Å²) in [5.41, 5.74) is 1.78. The average molecular weight is 573 g/mol. The lowest BCUT2D eigenvalue weighted by Crippen LogP contribution is -2.67. The Kier molecular flexibility index (Phi) is 9.75. The third-order valence-corrected chi connectivity index (χ3v) is 8.82. The zero-order chi connectivity index (χ0) is 28.2. The van der Waals surface area contributed by atoms with Crippen LogP contribution in [0, 0.1) is 13.8 Å². The molecule has 1 aliphatic rings. The van der Waals surface area contributed by atoms with Crippen LogP contribution in [0.4, 0.5) is 0 Å². The summed E-state index contributed by atoms with van der Waals surface area (Å²) >= 11 is 0. The van der Waals surface area contributed by atoms with Gasteiger partial charge in [0.2, 0.25) is 11.6 Å². The Labute approximate surface area is 225 Å². The second-order valence-electron chi connectivity index (χ2n) is 9.17. The number of rotatable bonds is 12. The first-order chi connectivity index (χ1) is 17.7. The summed E-state index contributed by atoms with van der Waals surface area (Å²) in [5.74, 6) is -2.93. The predicted octanol–water partition coefficient (Wildman–Crippen LogP) is 3.70. The van der Waals surface area contributed by atoms with Crippen molar-refractivity contribution in [2.45, 2.75) is 75.1 Å². The van der Waals surface area contributed by atoms with Gasteiger partial charge in [-0.1, -0.05) is 35.4 Å². The van der Waals surface area contributed by atoms with E-state index in [1.807, 2.05) is 13.8 Å². The molecule has 0 N–H and O–H groups in total. The molecule has 0 radical (unpaired) electrons. The van der Waals surface area contributed by atoms with Crippen LogP contribution < -0.4 is 0 Å². The van der Waals surface area contributed by atoms with Gasteiger partial charge in [-0.25, -0.2) is 0 Å². The van der Waals surface area contributed by atoms with Gasteiger partial charge in [0.25, 0.3) is 20.2 Å². The van der Waals surface area contributed by atoms with E-state index in [2.05, 4.69) is 0 Å². The van der Waals surface area contributed by atoms with Crippen molar-refractivity contribution in [2.75, 3.05) is 26.4 Å². The summed E-state index contributed by atoms with van der Waals surface area (Å²) in [5, 5.41) is 0. The van der Waals surface area contributed by atoms with E-state index in [0.717, 1.165) is 11.1 Å². The monoisotopic (exact) mass is 572 g/mol. The predicted molar refractivity (Wildman–Crippen MR) is 138 cm³/mol. The molecule has 0 bridgehead atoms. The highest BCUT2D eigenvalue weighted by Crippen LogP contribution is 2.40. The molecule has 1 saturated heterocycles. The Morgan fingerprint density at radius 3 is 1.26 bits per heavy atom. The molecule has 2 aromatic rings. The van der Waals surface area contributed by atoms with E-state index in [1.54, 1.807) is 52.0 Å². The van der Waals surface area contributed by atoms with Crippen LogP contribution in [0.2, 0.25) is 0 Å². The molecule has 38 heavy (non-hydrogen) atoms. The molecule has 212 valence electrons. The first-order valence-corrected chi connectivity index (χ1v) is 15.1. The lowest BCUT2D eigenvalue weighted by Gasteiger charge is -2.52. The fourth-order valence-electron chi connectivity index (χ4n) is 3.97. The molecule has 0 aromatic heterocycles. The van der Waals surface area contributed by atoms with E-state index in [-0.39, 0.29) is 23.0 Å². The third-order valence-electron chi connectivity index (χ3n) is 6.23. The average Bonchev–Trinajstić information content (AvgIpc) is 2.85. The molecule has 3 rings (SSSR count). The molecule has 1 fully saturated rings. The molecule has 10 nitrogen and oxygen atoms in total. The minimum atomic E-state index is -4.15. The summed E-state index contributed by atoms with van der Waals surface area (Å²) in [6.45, 7) is 9.91. The van der Waals surface area contributed by atoms with Crippen LogP contribution in [0.5, 0.6) is 0 Å². The maximum atomic E-state index is 12.8. The van der Waals surface area contributed by atoms with Gasteiger partial charge in [0.15, 0.2) is 0 Å². The lowest BCUT2D eigenvalue weighted by molar-refractivity contribution is -0.457. The Bertz CT molecular complexity index is 1170. The second kappa shape index (κ2) is 12.1. The van der Waals surface area contributed by atoms with Crippen molar-refractivity contribution in [3.8, 4) is 0 Å². The molecule has 1 heterocycles. The number of hydrogen-bond acceptors (Lipinski definition) is 10. The van der Waals surface area contributed by atoms with E-state index in [4.69, 9.17) is 27.3 Å². The molecular formula is C26H36O10S2. The van der Waals surface area contributed by atoms with Crippen LogP contribution in [-0.2, 0) is 47.5 Å². The fourth-order valence-corrected chi connectivity index (χ4v) is 5.80. The van der Waals surface area contributed by atoms with Crippen LogP contribution >= 0.6 is 0 Å². The van der Waals surface area contributed by atoms with Crippen LogP contribution in [0.3, 0.4) is 0 Å². The standard InChI is InChI=1S/C26H36O10S2/c1-7-31-25(5)26(6,32-8-2)36-24(18-34-38(29,30)22-15-11-20(4)12-16-22)23(35-25)17-33-37(27,28)21-13-9-19(3)10-14-21/h9-16,23-24H,7-8,17-18H2,1-6H3/t23-,24-,25+,26+/m0/s1. The number of aryl methyl sites for hydroxylation is 2. The molecule has 1 aliphatic heterocycles. The van der Waals surface area contributed by atoms with Crippen molar-refractivity contribution in [1.82, 2.24) is 0 Å². The van der Waals surface area contributed by atoms with Gasteiger partial charge in [-0.2, -0.15) is 16.8 Å². The molecule has 12 heteroatoms. The van der Waals surface area contributed by atoms with Gasteiger partial charge in [-0.05, 0) is 65.8 Å². The summed E-state index contributed by atoms with van der Waals surface area (Å²) in [7, 11) is -8.29. The summed E-state index contributed by atoms with van der Waals surface area (Å²) in [6, 6.07) is 12.4. The number of hydrogen-bond donors (Lipinski definition) is 0. The van der Waals surface area contributed by atoms with Gasteiger partial charge in [0.05, 0.1) is 23.0 Å². The first kappa shape index (κ1) is 30.6. The van der Waals surface area contributed by atoms with Crippen molar-refractivity contribution < 1.29 is 44.1 Å². The Morgan fingerprint density at radius 1 is 0.658 bits per heavy atom. The molecule has 0 unspecified atom stereocenters. The zero-order valence-electron chi connectivity index (χ0n) is 22.5. The minimum absolute atomic E-state index is 0.0266. The van der Waals surface area contributed by atoms with E-state index < -0.39 is 57.2 Å². The summed E-state index contributed by atoms with van der Waals surface area (Å²) in [4.78, 5) is -0.0531. The highest BCUT2D eigenvalue weighted by molar-refractivity contribution is 7.87. The van der Waals surface area contributed by atoms with Gasteiger partial charge in [0.1, 0.15) is 12.2 Å². The first-order valence-electron chi connectivity index (χ1n) is 12.3. The van der Waals surface area contributed by atoms with Crippen molar-refractivity contribution in [2.24, 2.45) is 0 Å². The van der Waals surface area contributed by atoms with Crippen LogP contribution in [0.1, 0.15) is 38.8 Å². The highest BCUT2D eigenvalue weighted by atomic mass is 32.2. The summed E-state index contributed by atoms with van der Waals surface area (Å²) < 4.78 is 86.1. The normalized spacial score (nSPS) is 26.4. The highest BCUT2D eigenvalue weighted by Gasteiger charge is 2.57. The second-order valence-corrected chi connectivity index (χ2v) is 12.4. The zero-order valence-corrected chi connectivity index (χ0v) is 24.1. The molecular weight excluding hydrogens is 536 g/mol. The van der Waals surface area contributed by atoms with Crippen molar-refractivity contribution in [3.05, 3.63) is 59.7 Å². The Morgan fingerprint density at radius 2 is 0.974 bits per heavy atom. The topological polar surface area (TPSA) is 124 Å². The maximum absolute atomic E-state index is 12.8. The Hall–Kier alpha value is -1.90. The molecule has 0 saturated carbocycles. The molecule has 0 spiro atoms. The molecule has 4 atom stereocenters. The van der Waals surface area contributed by atoms with Gasteiger partial charge in [0, 0.05) is 13.2 Å². The van der Waals surface area contributed by atoms with E-state index >= 15 is 0 Å². The quantitative estimate of drug-likeness (QED) is 0.348. The van der Waals surface area contributed by atoms with Gasteiger partial charge >= 0.3 is 0 Å². The van der Waals surface area contributed by atoms with Crippen molar-refractivity contribution in [1.29, 1.82) is 0 Å². The van der Waals surface area contributed by atoms with Crippen LogP contribution in [0.15, 0.2) is 58.3 Å². The van der Waals surface area contributed by atoms with E-state index in [0.29, 0.717) is 0 Å². The van der Waals surface area contributed by atoms with E-state index in [1.165, 1.54) is 24.3 Å². The van der Waals surface area contributed by atoms with Gasteiger partial charge in [-0.3, -0.25) is 8.37 Å². The van der Waals surface area contributed by atoms with Crippen molar-refractivity contribution in [3.63, 3.8) is 0 Å². The fraction of sp³-hybridized carbons (Fsp3) is 0.538. The van der Waals surface area contributed by atoms with E-state index in [9.17, 15) is 16.8 Å². The summed E-state index contributed by atoms with van der Waals surface area (Å²) in [6.07, 6.45) is -2.18. The van der Waals surface area contributed by atoms with Crippen molar-refractivity contribution >= 4 is 20.2 Å². The number of benzene rings is 2. The largest absolute Gasteiger partial charge is 0.346 e. The maximum Gasteiger partial charge on any atom is 0.297 e. The minimum Gasteiger partial charge on any atom is -0.346 e. The number of ether oxygens (including phenoxy) is 4. The smallest absolute Gasteiger partial charge is 0.297 e. The molecule has 2 aromatic carbocycles. The third kappa shape index (κ3) is 6.99.